The molecule has 0 saturated carbocycles. The first-order valence-corrected chi connectivity index (χ1v) is 14.6. The van der Waals surface area contributed by atoms with E-state index in [2.05, 4.69) is 8.37 Å². The highest BCUT2D eigenvalue weighted by Crippen LogP contribution is 2.78. The third kappa shape index (κ3) is 4.97. The highest BCUT2D eigenvalue weighted by molar-refractivity contribution is 7.87. The van der Waals surface area contributed by atoms with Gasteiger partial charge in [-0.05, 0) is 27.7 Å². The first-order chi connectivity index (χ1) is 12.9. The summed E-state index contributed by atoms with van der Waals surface area (Å²) in [6, 6.07) is 0. The molecule has 0 radical (unpaired) electrons. The molecule has 2 rings (SSSR count). The molecule has 0 amide bonds. The van der Waals surface area contributed by atoms with Crippen molar-refractivity contribution in [2.24, 2.45) is 0 Å². The van der Waals surface area contributed by atoms with Gasteiger partial charge in [0.15, 0.2) is 4.90 Å². The van der Waals surface area contributed by atoms with Crippen molar-refractivity contribution in [2.75, 3.05) is 38.9 Å². The molecule has 2 saturated heterocycles. The maximum Gasteiger partial charge on any atom is 0.348 e. The van der Waals surface area contributed by atoms with Gasteiger partial charge in [-0.25, -0.2) is 0 Å². The van der Waals surface area contributed by atoms with E-state index in [4.69, 9.17) is 18.1 Å². The SMILES string of the molecule is COP(=O)(OC1(C)COS(=O)(=O)C1)C(C)(C)P(=O)(OC)OC1(C)COS(=O)(=O)C1. The predicted octanol–water partition coefficient (Wildman–Crippen LogP) is 1.67. The third-order valence-corrected chi connectivity index (χ3v) is 13.9. The zero-order valence-corrected chi connectivity index (χ0v) is 20.4. The molecule has 172 valence electrons. The Balaban J connectivity index is 2.39. The van der Waals surface area contributed by atoms with Gasteiger partial charge in [0.1, 0.15) is 22.7 Å². The fraction of sp³-hybridized carbons (Fsp3) is 1.00. The minimum Gasteiger partial charge on any atom is -0.311 e. The molecule has 4 atom stereocenters. The molecule has 2 aliphatic rings. The maximum atomic E-state index is 13.6. The third-order valence-electron chi connectivity index (χ3n) is 4.55. The second kappa shape index (κ2) is 7.61. The highest BCUT2D eigenvalue weighted by Gasteiger charge is 2.63. The first-order valence-electron chi connectivity index (χ1n) is 8.34. The van der Waals surface area contributed by atoms with Crippen LogP contribution in [0, 0.1) is 0 Å². The summed E-state index contributed by atoms with van der Waals surface area (Å²) in [6.07, 6.45) is 0. The second-order valence-corrected chi connectivity index (χ2v) is 16.8. The Morgan fingerprint density at radius 1 is 0.793 bits per heavy atom. The Morgan fingerprint density at radius 2 is 1.10 bits per heavy atom. The molecule has 0 aromatic rings. The number of hydrogen-bond acceptors (Lipinski definition) is 12. The van der Waals surface area contributed by atoms with Gasteiger partial charge in [0, 0.05) is 14.2 Å². The van der Waals surface area contributed by atoms with Gasteiger partial charge in [-0.2, -0.15) is 16.8 Å². The number of hydrogen-bond donors (Lipinski definition) is 0. The zero-order valence-electron chi connectivity index (χ0n) is 16.9. The fourth-order valence-electron chi connectivity index (χ4n) is 2.92. The van der Waals surface area contributed by atoms with Gasteiger partial charge in [0.05, 0.1) is 13.2 Å². The van der Waals surface area contributed by atoms with Crippen LogP contribution >= 0.6 is 15.2 Å². The average molecular weight is 500 g/mol. The van der Waals surface area contributed by atoms with Crippen molar-refractivity contribution < 1.29 is 52.4 Å². The van der Waals surface area contributed by atoms with E-state index in [1.165, 1.54) is 27.7 Å². The Morgan fingerprint density at radius 3 is 1.31 bits per heavy atom. The molecule has 29 heavy (non-hydrogen) atoms. The van der Waals surface area contributed by atoms with Gasteiger partial charge >= 0.3 is 15.2 Å². The van der Waals surface area contributed by atoms with Crippen molar-refractivity contribution >= 4 is 35.4 Å². The van der Waals surface area contributed by atoms with Crippen LogP contribution in [0.4, 0.5) is 0 Å². The lowest BCUT2D eigenvalue weighted by atomic mass is 10.2. The molecule has 4 unspecified atom stereocenters. The van der Waals surface area contributed by atoms with Gasteiger partial charge in [-0.15, -0.1) is 0 Å². The molecule has 0 spiro atoms. The molecule has 0 aromatic carbocycles. The van der Waals surface area contributed by atoms with Crippen molar-refractivity contribution in [3.05, 3.63) is 0 Å². The molecule has 0 aliphatic carbocycles. The molecule has 2 heterocycles. The van der Waals surface area contributed by atoms with Crippen LogP contribution in [0.5, 0.6) is 0 Å². The van der Waals surface area contributed by atoms with E-state index in [9.17, 15) is 26.0 Å². The molecular formula is C13H26O12P2S2. The standard InChI is InChI=1S/C13H26O12P2S2/c1-11(2,26(14,20-5)24-12(3)7-22-28(16,17)9-12)27(15,21-6)25-13(4)8-23-29(18,19)10-13/h7-10H2,1-6H3. The van der Waals surface area contributed by atoms with E-state index in [0.717, 1.165) is 14.2 Å². The predicted molar refractivity (Wildman–Crippen MR) is 102 cm³/mol. The van der Waals surface area contributed by atoms with E-state index in [0.29, 0.717) is 0 Å². The van der Waals surface area contributed by atoms with E-state index in [-0.39, 0.29) is 0 Å². The van der Waals surface area contributed by atoms with Crippen LogP contribution in [0.2, 0.25) is 0 Å². The van der Waals surface area contributed by atoms with Gasteiger partial charge in [-0.3, -0.25) is 26.5 Å². The van der Waals surface area contributed by atoms with Crippen LogP contribution in [0.3, 0.4) is 0 Å². The molecule has 16 heteroatoms. The topological polar surface area (TPSA) is 158 Å². The Hall–Kier alpha value is 0.120. The second-order valence-electron chi connectivity index (χ2n) is 7.87. The fourth-order valence-corrected chi connectivity index (χ4v) is 10.7. The quantitative estimate of drug-likeness (QED) is 0.351. The Labute approximate surface area is 170 Å². The lowest BCUT2D eigenvalue weighted by Gasteiger charge is -2.41. The summed E-state index contributed by atoms with van der Waals surface area (Å²) in [5.41, 5.74) is -3.08. The average Bonchev–Trinajstić information content (AvgIpc) is 3.00. The van der Waals surface area contributed by atoms with E-state index in [1.807, 2.05) is 0 Å². The van der Waals surface area contributed by atoms with Gasteiger partial charge in [0.2, 0.25) is 0 Å². The van der Waals surface area contributed by atoms with E-state index >= 15 is 0 Å². The van der Waals surface area contributed by atoms with Crippen molar-refractivity contribution in [1.82, 2.24) is 0 Å². The van der Waals surface area contributed by atoms with Gasteiger partial charge < -0.3 is 9.05 Å². The summed E-state index contributed by atoms with van der Waals surface area (Å²) in [7, 11) is -14.4. The van der Waals surface area contributed by atoms with Crippen LogP contribution in [0.15, 0.2) is 0 Å². The lowest BCUT2D eigenvalue weighted by Crippen LogP contribution is -2.39. The number of rotatable bonds is 8. The van der Waals surface area contributed by atoms with E-state index in [1.54, 1.807) is 0 Å². The molecular weight excluding hydrogens is 474 g/mol. The minimum atomic E-state index is -4.38. The summed E-state index contributed by atoms with van der Waals surface area (Å²) < 4.78 is 104. The van der Waals surface area contributed by atoms with Crippen LogP contribution in [-0.2, 0) is 55.8 Å². The Kier molecular flexibility index (Phi) is 6.66. The minimum absolute atomic E-state index is 0.416. The largest absolute Gasteiger partial charge is 0.348 e. The van der Waals surface area contributed by atoms with Crippen LogP contribution in [0.1, 0.15) is 27.7 Å². The van der Waals surface area contributed by atoms with Gasteiger partial charge in [0.25, 0.3) is 20.2 Å². The van der Waals surface area contributed by atoms with Crippen LogP contribution in [-0.4, -0.2) is 71.9 Å². The van der Waals surface area contributed by atoms with E-state index < -0.39 is 76.2 Å². The molecule has 12 nitrogen and oxygen atoms in total. The van der Waals surface area contributed by atoms with Crippen molar-refractivity contribution in [3.63, 3.8) is 0 Å². The summed E-state index contributed by atoms with van der Waals surface area (Å²) in [5.74, 6) is -1.18. The molecule has 2 fully saturated rings. The maximum absolute atomic E-state index is 13.6. The molecule has 2 aliphatic heterocycles. The first kappa shape index (κ1) is 25.4. The van der Waals surface area contributed by atoms with Crippen molar-refractivity contribution in [1.29, 1.82) is 0 Å². The van der Waals surface area contributed by atoms with Crippen LogP contribution in [0.25, 0.3) is 0 Å². The van der Waals surface area contributed by atoms with Gasteiger partial charge in [-0.1, -0.05) is 0 Å². The summed E-state index contributed by atoms with van der Waals surface area (Å²) in [6.45, 7) is 4.36. The lowest BCUT2D eigenvalue weighted by molar-refractivity contribution is 0.0487. The zero-order chi connectivity index (χ0) is 22.6. The smallest absolute Gasteiger partial charge is 0.311 e. The van der Waals surface area contributed by atoms with Crippen molar-refractivity contribution in [2.45, 2.75) is 43.8 Å². The monoisotopic (exact) mass is 500 g/mol. The Bertz CT molecular complexity index is 882. The van der Waals surface area contributed by atoms with Crippen LogP contribution < -0.4 is 0 Å². The summed E-state index contributed by atoms with van der Waals surface area (Å²) in [4.78, 5) is -1.95. The summed E-state index contributed by atoms with van der Waals surface area (Å²) in [5, 5.41) is 0. The summed E-state index contributed by atoms with van der Waals surface area (Å²) >= 11 is 0. The van der Waals surface area contributed by atoms with Crippen molar-refractivity contribution in [3.8, 4) is 0 Å². The molecule has 0 aromatic heterocycles. The highest BCUT2D eigenvalue weighted by atomic mass is 32.2. The molecule has 0 bridgehead atoms. The normalized spacial score (nSPS) is 35.8. The molecule has 0 N–H and O–H groups in total.